The number of para-hydroxylation sites is 1. The number of hydrogen-bond acceptors (Lipinski definition) is 13. The zero-order chi connectivity index (χ0) is 44.9. The molecule has 0 saturated carbocycles. The number of piperazine rings is 1. The first kappa shape index (κ1) is 43.9. The van der Waals surface area contributed by atoms with Gasteiger partial charge in [0, 0.05) is 118 Å². The fraction of sp³-hybridized carbons (Fsp3) is 0.422. The zero-order valence-electron chi connectivity index (χ0n) is 35.9. The van der Waals surface area contributed by atoms with E-state index in [9.17, 15) is 18.0 Å². The van der Waals surface area contributed by atoms with Crippen LogP contribution in [0.15, 0.2) is 65.4 Å². The second kappa shape index (κ2) is 17.9. The second-order valence-electron chi connectivity index (χ2n) is 17.2. The van der Waals surface area contributed by atoms with Crippen LogP contribution in [0.5, 0.6) is 5.75 Å². The van der Waals surface area contributed by atoms with Gasteiger partial charge in [-0.3, -0.25) is 19.8 Å². The van der Waals surface area contributed by atoms with Gasteiger partial charge in [-0.25, -0.2) is 26.2 Å². The maximum absolute atomic E-state index is 15.1. The molecule has 0 aliphatic carbocycles. The minimum absolute atomic E-state index is 0.0624. The molecule has 0 bridgehead atoms. The lowest BCUT2D eigenvalue weighted by molar-refractivity contribution is -0.134. The molecule has 0 radical (unpaired) electrons. The highest BCUT2D eigenvalue weighted by molar-refractivity contribution is 9.10. The first-order valence-corrected chi connectivity index (χ1v) is 24.2. The maximum atomic E-state index is 15.1. The van der Waals surface area contributed by atoms with Crippen molar-refractivity contribution in [1.82, 2.24) is 29.1 Å². The fourth-order valence-corrected chi connectivity index (χ4v) is 10.8. The Morgan fingerprint density at radius 3 is 2.34 bits per heavy atom. The number of anilines is 6. The number of carbonyl (C=O) groups excluding carboxylic acids is 2. The molecule has 4 aliphatic rings. The number of imide groups is 1. The van der Waals surface area contributed by atoms with Crippen LogP contribution in [0.3, 0.4) is 0 Å². The number of benzene rings is 3. The van der Waals surface area contributed by atoms with Gasteiger partial charge in [0.25, 0.3) is 0 Å². The molecule has 1 unspecified atom stereocenters. The molecule has 4 aliphatic heterocycles. The number of aromatic nitrogens is 3. The van der Waals surface area contributed by atoms with Crippen LogP contribution in [-0.4, -0.2) is 122 Å². The van der Waals surface area contributed by atoms with Gasteiger partial charge in [0.2, 0.25) is 27.8 Å². The van der Waals surface area contributed by atoms with Gasteiger partial charge < -0.3 is 30.1 Å². The van der Waals surface area contributed by atoms with E-state index in [0.29, 0.717) is 50.8 Å². The first-order chi connectivity index (χ1) is 30.7. The van der Waals surface area contributed by atoms with E-state index in [4.69, 9.17) is 9.72 Å². The molecule has 2 amide bonds. The summed E-state index contributed by atoms with van der Waals surface area (Å²) < 4.78 is 63.0. The van der Waals surface area contributed by atoms with Crippen LogP contribution < -0.4 is 30.5 Å². The Labute approximate surface area is 379 Å². The highest BCUT2D eigenvalue weighted by atomic mass is 79.9. The molecule has 64 heavy (non-hydrogen) atoms. The quantitative estimate of drug-likeness (QED) is 0.120. The summed E-state index contributed by atoms with van der Waals surface area (Å²) in [6, 6.07) is 14.5. The summed E-state index contributed by atoms with van der Waals surface area (Å²) in [6.45, 7) is 10.3. The van der Waals surface area contributed by atoms with Crippen molar-refractivity contribution in [1.29, 1.82) is 0 Å². The first-order valence-electron chi connectivity index (χ1n) is 21.6. The number of fused-ring (bicyclic) bond motifs is 1. The van der Waals surface area contributed by atoms with Crippen LogP contribution in [0.2, 0.25) is 0 Å². The summed E-state index contributed by atoms with van der Waals surface area (Å²) in [5.74, 6) is -1.70. The van der Waals surface area contributed by atoms with Gasteiger partial charge in [0.1, 0.15) is 23.2 Å². The smallest absolute Gasteiger partial charge is 0.236 e. The van der Waals surface area contributed by atoms with E-state index in [1.54, 1.807) is 31.6 Å². The molecule has 4 saturated heterocycles. The molecule has 1 atom stereocenters. The third-order valence-electron chi connectivity index (χ3n) is 13.0. The van der Waals surface area contributed by atoms with E-state index >= 15 is 8.78 Å². The topological polar surface area (TPSA) is 157 Å². The van der Waals surface area contributed by atoms with Gasteiger partial charge in [0.05, 0.1) is 40.6 Å². The number of rotatable bonds is 12. The van der Waals surface area contributed by atoms with Crippen molar-refractivity contribution in [2.24, 2.45) is 5.92 Å². The molecule has 2 aromatic heterocycles. The predicted molar refractivity (Wildman–Crippen MR) is 247 cm³/mol. The third kappa shape index (κ3) is 8.99. The monoisotopic (exact) mass is 960 g/mol. The van der Waals surface area contributed by atoms with Gasteiger partial charge in [-0.2, -0.15) is 4.98 Å². The lowest BCUT2D eigenvalue weighted by atomic mass is 9.89. The van der Waals surface area contributed by atoms with Crippen molar-refractivity contribution >= 4 is 83.2 Å². The van der Waals surface area contributed by atoms with Crippen LogP contribution in [0, 0.1) is 24.5 Å². The number of aryl methyl sites for hydroxylation is 1. The van der Waals surface area contributed by atoms with E-state index in [1.165, 1.54) is 22.4 Å². The second-order valence-corrected chi connectivity index (χ2v) is 20.0. The SMILES string of the molecule is COc1cc(N2CCC(N3CCN(CC4CN(c5cc(F)c(C6CCC(=O)NC6=O)c(F)c5)C4)CC3)CC2)c(C)cc1Nc1ncc(Br)c(Nc2cccc3ccn(S(C)(=O)=O)c23)n1. The zero-order valence-corrected chi connectivity index (χ0v) is 38.3. The maximum Gasteiger partial charge on any atom is 0.236 e. The van der Waals surface area contributed by atoms with Crippen molar-refractivity contribution in [3.8, 4) is 5.75 Å². The van der Waals surface area contributed by atoms with Crippen LogP contribution >= 0.6 is 15.9 Å². The fourth-order valence-electron chi connectivity index (χ4n) is 9.69. The molecule has 19 heteroatoms. The van der Waals surface area contributed by atoms with Crippen molar-refractivity contribution in [3.05, 3.63) is 88.2 Å². The van der Waals surface area contributed by atoms with Gasteiger partial charge >= 0.3 is 0 Å². The van der Waals surface area contributed by atoms with Gasteiger partial charge in [-0.15, -0.1) is 0 Å². The largest absolute Gasteiger partial charge is 0.494 e. The number of carbonyl (C=O) groups is 2. The Morgan fingerprint density at radius 1 is 0.922 bits per heavy atom. The molecule has 0 spiro atoms. The number of halogens is 3. The Kier molecular flexibility index (Phi) is 12.3. The molecule has 338 valence electrons. The number of hydrogen-bond donors (Lipinski definition) is 3. The highest BCUT2D eigenvalue weighted by Crippen LogP contribution is 2.38. The molecule has 4 fully saturated rings. The number of nitrogens with zero attached hydrogens (tertiary/aromatic N) is 7. The summed E-state index contributed by atoms with van der Waals surface area (Å²) in [6.07, 6.45) is 6.62. The Morgan fingerprint density at radius 2 is 1.66 bits per heavy atom. The molecule has 3 N–H and O–H groups in total. The van der Waals surface area contributed by atoms with Crippen LogP contribution in [0.1, 0.15) is 42.7 Å². The minimum atomic E-state index is -3.54. The van der Waals surface area contributed by atoms with Crippen molar-refractivity contribution in [3.63, 3.8) is 0 Å². The van der Waals surface area contributed by atoms with Gasteiger partial charge in [-0.1, -0.05) is 12.1 Å². The van der Waals surface area contributed by atoms with Crippen molar-refractivity contribution in [2.75, 3.05) is 92.7 Å². The summed E-state index contributed by atoms with van der Waals surface area (Å²) in [5, 5.41) is 9.58. The van der Waals surface area contributed by atoms with Crippen molar-refractivity contribution < 1.29 is 31.5 Å². The lowest BCUT2D eigenvalue weighted by Gasteiger charge is -2.46. The number of methoxy groups -OCH3 is 1. The molecule has 5 aromatic rings. The van der Waals surface area contributed by atoms with E-state index < -0.39 is 39.4 Å². The Bertz CT molecular complexity index is 2690. The predicted octanol–water partition coefficient (Wildman–Crippen LogP) is 6.33. The molecule has 9 rings (SSSR count). The van der Waals surface area contributed by atoms with E-state index in [0.717, 1.165) is 94.1 Å². The standard InChI is InChI=1S/C45H51BrF2N10O5S/c1-27-19-37(51-45-49-23-33(46)43(53-45)50-36-6-4-5-29-9-14-58(42(29)36)64(3,61)62)39(63-2)22-38(27)56-12-10-30(11-13-56)55-17-15-54(16-18-55)24-28-25-57(26-28)31-20-34(47)41(35(48)21-31)32-7-8-40(59)52-44(32)60/h4-6,9,14,19-23,28,30,32H,7-8,10-13,15-18,24-26H2,1-3H3,(H,52,59,60)(H2,49,50,51,53). The number of piperidine rings is 2. The van der Waals surface area contributed by atoms with Crippen molar-refractivity contribution in [2.45, 2.75) is 44.6 Å². The summed E-state index contributed by atoms with van der Waals surface area (Å²) >= 11 is 3.54. The van der Waals surface area contributed by atoms with Gasteiger partial charge in [-0.05, 0) is 78.0 Å². The molecular formula is C45H51BrF2N10O5S. The van der Waals surface area contributed by atoms with Crippen LogP contribution in [0.4, 0.5) is 43.3 Å². The third-order valence-corrected chi connectivity index (χ3v) is 14.6. The molecule has 3 aromatic carbocycles. The molecule has 6 heterocycles. The van der Waals surface area contributed by atoms with E-state index in [1.807, 2.05) is 17.0 Å². The number of amides is 2. The van der Waals surface area contributed by atoms with Crippen LogP contribution in [-0.2, 0) is 19.6 Å². The average molecular weight is 962 g/mol. The summed E-state index contributed by atoms with van der Waals surface area (Å²) in [7, 11) is -1.89. The summed E-state index contributed by atoms with van der Waals surface area (Å²) in [4.78, 5) is 42.6. The van der Waals surface area contributed by atoms with E-state index in [2.05, 4.69) is 70.6 Å². The molecule has 15 nitrogen and oxygen atoms in total. The highest BCUT2D eigenvalue weighted by Gasteiger charge is 2.36. The minimum Gasteiger partial charge on any atom is -0.494 e. The Hall–Kier alpha value is -5.37. The molecular weight excluding hydrogens is 911 g/mol. The summed E-state index contributed by atoms with van der Waals surface area (Å²) in [5.41, 5.74) is 4.26. The Balaban J connectivity index is 0.760. The van der Waals surface area contributed by atoms with Gasteiger partial charge in [0.15, 0.2) is 0 Å². The van der Waals surface area contributed by atoms with Crippen LogP contribution in [0.25, 0.3) is 10.9 Å². The number of nitrogens with one attached hydrogen (secondary N) is 3. The van der Waals surface area contributed by atoms with E-state index in [-0.39, 0.29) is 18.4 Å². The number of ether oxygens (including phenoxy) is 1. The normalized spacial score (nSPS) is 19.5. The lowest BCUT2D eigenvalue weighted by Crippen LogP contribution is -2.57. The average Bonchev–Trinajstić information content (AvgIpc) is 3.71.